The normalized spacial score (nSPS) is 19.2. The molecule has 142 valence electrons. The Kier molecular flexibility index (Phi) is 5.58. The number of nitrogens with zero attached hydrogens (tertiary/aromatic N) is 3. The molecule has 0 N–H and O–H groups in total. The minimum absolute atomic E-state index is 0.0620. The fraction of sp³-hybridized carbons (Fsp3) is 0.227. The number of hydrogen-bond acceptors (Lipinski definition) is 5. The monoisotopic (exact) mass is 375 g/mol. The topological polar surface area (TPSA) is 64.6 Å². The SMILES string of the molecule is O=C(c1cccnc1)N1CCO[C@@H](COc2ccccn2)[C@@H]1c1ccccc1. The van der Waals surface area contributed by atoms with Gasteiger partial charge in [-0.3, -0.25) is 9.78 Å². The Morgan fingerprint density at radius 1 is 1.07 bits per heavy atom. The van der Waals surface area contributed by atoms with Crippen molar-refractivity contribution in [3.63, 3.8) is 0 Å². The molecular formula is C22H21N3O3. The van der Waals surface area contributed by atoms with Gasteiger partial charge in [0.05, 0.1) is 18.2 Å². The van der Waals surface area contributed by atoms with Crippen LogP contribution in [-0.4, -0.2) is 46.6 Å². The van der Waals surface area contributed by atoms with Crippen LogP contribution in [0.5, 0.6) is 5.88 Å². The van der Waals surface area contributed by atoms with E-state index in [-0.39, 0.29) is 18.1 Å². The minimum atomic E-state index is -0.307. The second-order valence-electron chi connectivity index (χ2n) is 6.48. The summed E-state index contributed by atoms with van der Waals surface area (Å²) in [5.74, 6) is 0.474. The Morgan fingerprint density at radius 2 is 1.93 bits per heavy atom. The summed E-state index contributed by atoms with van der Waals surface area (Å²) in [4.78, 5) is 23.3. The van der Waals surface area contributed by atoms with Gasteiger partial charge in [0, 0.05) is 31.2 Å². The maximum Gasteiger partial charge on any atom is 0.256 e. The molecule has 2 atom stereocenters. The van der Waals surface area contributed by atoms with Crippen molar-refractivity contribution in [1.29, 1.82) is 0 Å². The van der Waals surface area contributed by atoms with Crippen LogP contribution in [0.2, 0.25) is 0 Å². The molecule has 28 heavy (non-hydrogen) atoms. The lowest BCUT2D eigenvalue weighted by Gasteiger charge is -2.41. The average Bonchev–Trinajstić information content (AvgIpc) is 2.79. The molecule has 0 bridgehead atoms. The summed E-state index contributed by atoms with van der Waals surface area (Å²) in [6, 6.07) is 18.7. The number of carbonyl (C=O) groups excluding carboxylic acids is 1. The summed E-state index contributed by atoms with van der Waals surface area (Å²) in [6.45, 7) is 1.26. The number of pyridine rings is 2. The largest absolute Gasteiger partial charge is 0.475 e. The second kappa shape index (κ2) is 8.63. The van der Waals surface area contributed by atoms with Crippen LogP contribution in [0, 0.1) is 0 Å². The maximum absolute atomic E-state index is 13.2. The minimum Gasteiger partial charge on any atom is -0.475 e. The van der Waals surface area contributed by atoms with Crippen molar-refractivity contribution in [2.45, 2.75) is 12.1 Å². The van der Waals surface area contributed by atoms with Crippen molar-refractivity contribution in [3.05, 3.63) is 90.4 Å². The number of ether oxygens (including phenoxy) is 2. The molecule has 3 aromatic rings. The molecular weight excluding hydrogens is 354 g/mol. The fourth-order valence-corrected chi connectivity index (χ4v) is 3.40. The number of benzene rings is 1. The first-order chi connectivity index (χ1) is 13.8. The number of aromatic nitrogens is 2. The first kappa shape index (κ1) is 18.1. The van der Waals surface area contributed by atoms with Gasteiger partial charge in [0.15, 0.2) is 0 Å². The van der Waals surface area contributed by atoms with Gasteiger partial charge in [0.2, 0.25) is 5.88 Å². The Balaban J connectivity index is 1.60. The van der Waals surface area contributed by atoms with Crippen LogP contribution in [-0.2, 0) is 4.74 Å². The Hall–Kier alpha value is -3.25. The van der Waals surface area contributed by atoms with Crippen LogP contribution >= 0.6 is 0 Å². The zero-order chi connectivity index (χ0) is 19.2. The molecule has 6 nitrogen and oxygen atoms in total. The molecule has 1 aromatic carbocycles. The highest BCUT2D eigenvalue weighted by Gasteiger charge is 2.37. The third-order valence-corrected chi connectivity index (χ3v) is 4.70. The van der Waals surface area contributed by atoms with Crippen molar-refractivity contribution < 1.29 is 14.3 Å². The highest BCUT2D eigenvalue weighted by Crippen LogP contribution is 2.31. The van der Waals surface area contributed by atoms with E-state index < -0.39 is 0 Å². The molecule has 1 saturated heterocycles. The molecule has 1 amide bonds. The Morgan fingerprint density at radius 3 is 2.68 bits per heavy atom. The molecule has 6 heteroatoms. The van der Waals surface area contributed by atoms with Crippen molar-refractivity contribution in [2.24, 2.45) is 0 Å². The zero-order valence-corrected chi connectivity index (χ0v) is 15.3. The molecule has 1 fully saturated rings. The lowest BCUT2D eigenvalue weighted by molar-refractivity contribution is -0.0774. The molecule has 1 aliphatic rings. The smallest absolute Gasteiger partial charge is 0.256 e. The molecule has 2 aromatic heterocycles. The van der Waals surface area contributed by atoms with E-state index in [0.29, 0.717) is 31.2 Å². The lowest BCUT2D eigenvalue weighted by Crippen LogP contribution is -2.50. The number of carbonyl (C=O) groups is 1. The van der Waals surface area contributed by atoms with Crippen LogP contribution in [0.1, 0.15) is 22.0 Å². The second-order valence-corrected chi connectivity index (χ2v) is 6.48. The van der Waals surface area contributed by atoms with Gasteiger partial charge in [-0.05, 0) is 23.8 Å². The standard InChI is InChI=1S/C22H21N3O3/c26-22(18-9-6-11-23-15-18)25-13-14-27-19(16-28-20-10-4-5-12-24-20)21(25)17-7-2-1-3-8-17/h1-12,15,19,21H,13-14,16H2/t19-,21-/m0/s1. The van der Waals surface area contributed by atoms with E-state index in [2.05, 4.69) is 9.97 Å². The van der Waals surface area contributed by atoms with Gasteiger partial charge in [0.1, 0.15) is 12.7 Å². The number of morpholine rings is 1. The van der Waals surface area contributed by atoms with Crippen LogP contribution in [0.25, 0.3) is 0 Å². The van der Waals surface area contributed by atoms with E-state index in [1.165, 1.54) is 0 Å². The van der Waals surface area contributed by atoms with E-state index in [0.717, 1.165) is 5.56 Å². The van der Waals surface area contributed by atoms with Crippen LogP contribution in [0.3, 0.4) is 0 Å². The molecule has 0 radical (unpaired) electrons. The van der Waals surface area contributed by atoms with Crippen molar-refractivity contribution in [1.82, 2.24) is 14.9 Å². The number of amides is 1. The summed E-state index contributed by atoms with van der Waals surface area (Å²) in [5.41, 5.74) is 1.57. The van der Waals surface area contributed by atoms with Gasteiger partial charge in [-0.25, -0.2) is 4.98 Å². The van der Waals surface area contributed by atoms with Crippen molar-refractivity contribution in [3.8, 4) is 5.88 Å². The van der Waals surface area contributed by atoms with E-state index >= 15 is 0 Å². The first-order valence-corrected chi connectivity index (χ1v) is 9.24. The fourth-order valence-electron chi connectivity index (χ4n) is 3.40. The summed E-state index contributed by atoms with van der Waals surface area (Å²) in [5, 5.41) is 0. The van der Waals surface area contributed by atoms with E-state index in [4.69, 9.17) is 9.47 Å². The van der Waals surface area contributed by atoms with Gasteiger partial charge in [-0.1, -0.05) is 36.4 Å². The highest BCUT2D eigenvalue weighted by molar-refractivity contribution is 5.94. The predicted octanol–water partition coefficient (Wildman–Crippen LogP) is 3.14. The van der Waals surface area contributed by atoms with Crippen molar-refractivity contribution in [2.75, 3.05) is 19.8 Å². The van der Waals surface area contributed by atoms with Crippen LogP contribution < -0.4 is 4.74 Å². The molecule has 0 unspecified atom stereocenters. The van der Waals surface area contributed by atoms with Gasteiger partial charge >= 0.3 is 0 Å². The Labute approximate surface area is 163 Å². The summed E-state index contributed by atoms with van der Waals surface area (Å²) < 4.78 is 11.9. The first-order valence-electron chi connectivity index (χ1n) is 9.24. The average molecular weight is 375 g/mol. The van der Waals surface area contributed by atoms with Gasteiger partial charge < -0.3 is 14.4 Å². The number of rotatable bonds is 5. The lowest BCUT2D eigenvalue weighted by atomic mass is 9.97. The van der Waals surface area contributed by atoms with Crippen LogP contribution in [0.4, 0.5) is 0 Å². The van der Waals surface area contributed by atoms with E-state index in [9.17, 15) is 4.79 Å². The molecule has 0 spiro atoms. The van der Waals surface area contributed by atoms with Crippen LogP contribution in [0.15, 0.2) is 79.3 Å². The third kappa shape index (κ3) is 4.02. The third-order valence-electron chi connectivity index (χ3n) is 4.70. The summed E-state index contributed by atoms with van der Waals surface area (Å²) in [7, 11) is 0. The number of hydrogen-bond donors (Lipinski definition) is 0. The quantitative estimate of drug-likeness (QED) is 0.685. The zero-order valence-electron chi connectivity index (χ0n) is 15.3. The van der Waals surface area contributed by atoms with Crippen molar-refractivity contribution >= 4 is 5.91 Å². The molecule has 1 aliphatic heterocycles. The van der Waals surface area contributed by atoms with Gasteiger partial charge in [-0.15, -0.1) is 0 Å². The molecule has 0 aliphatic carbocycles. The summed E-state index contributed by atoms with van der Waals surface area (Å²) >= 11 is 0. The Bertz CT molecular complexity index is 891. The summed E-state index contributed by atoms with van der Waals surface area (Å²) in [6.07, 6.45) is 4.64. The predicted molar refractivity (Wildman–Crippen MR) is 104 cm³/mol. The van der Waals surface area contributed by atoms with Gasteiger partial charge in [-0.2, -0.15) is 0 Å². The molecule has 0 saturated carbocycles. The van der Waals surface area contributed by atoms with E-state index in [1.54, 1.807) is 36.8 Å². The van der Waals surface area contributed by atoms with Gasteiger partial charge in [0.25, 0.3) is 5.91 Å². The molecule has 4 rings (SSSR count). The molecule has 3 heterocycles. The van der Waals surface area contributed by atoms with E-state index in [1.807, 2.05) is 47.4 Å². The highest BCUT2D eigenvalue weighted by atomic mass is 16.5. The maximum atomic E-state index is 13.2.